The molecule has 0 aliphatic carbocycles. The third kappa shape index (κ3) is 6.65. The highest BCUT2D eigenvalue weighted by atomic mass is 35.5. The molecule has 0 aliphatic heterocycles. The molecule has 0 bridgehead atoms. The fourth-order valence-electron chi connectivity index (χ4n) is 3.68. The number of halogens is 4. The van der Waals surface area contributed by atoms with Crippen molar-refractivity contribution in [3.63, 3.8) is 0 Å². The molecule has 0 aliphatic rings. The van der Waals surface area contributed by atoms with Gasteiger partial charge in [-0.3, -0.25) is 13.9 Å². The van der Waals surface area contributed by atoms with Gasteiger partial charge in [0.2, 0.25) is 11.8 Å². The minimum atomic E-state index is -4.79. The van der Waals surface area contributed by atoms with Crippen molar-refractivity contribution in [2.45, 2.75) is 30.6 Å². The number of anilines is 1. The summed E-state index contributed by atoms with van der Waals surface area (Å²) < 4.78 is 68.4. The largest absolute Gasteiger partial charge is 0.416 e. The molecule has 0 unspecified atom stereocenters. The van der Waals surface area contributed by atoms with Crippen LogP contribution in [0.15, 0.2) is 83.8 Å². The molecule has 1 atom stereocenters. The second-order valence-electron chi connectivity index (χ2n) is 8.29. The maximum Gasteiger partial charge on any atom is 0.416 e. The number of carbonyl (C=O) groups is 2. The van der Waals surface area contributed by atoms with Gasteiger partial charge in [-0.1, -0.05) is 60.1 Å². The summed E-state index contributed by atoms with van der Waals surface area (Å²) in [7, 11) is -3.17. The summed E-state index contributed by atoms with van der Waals surface area (Å²) in [6, 6.07) is 16.8. The van der Waals surface area contributed by atoms with Gasteiger partial charge in [0.1, 0.15) is 12.6 Å². The average molecular weight is 568 g/mol. The Balaban J connectivity index is 2.12. The molecule has 0 heterocycles. The summed E-state index contributed by atoms with van der Waals surface area (Å²) in [5.74, 6) is -1.33. The first kappa shape index (κ1) is 29.0. The molecule has 0 radical (unpaired) electrons. The minimum Gasteiger partial charge on any atom is -0.357 e. The Bertz CT molecular complexity index is 1390. The van der Waals surface area contributed by atoms with E-state index >= 15 is 0 Å². The molecule has 3 rings (SSSR count). The Hall–Kier alpha value is -3.57. The quantitative estimate of drug-likeness (QED) is 0.405. The molecule has 7 nitrogen and oxygen atoms in total. The van der Waals surface area contributed by atoms with Crippen LogP contribution in [0.2, 0.25) is 5.02 Å². The third-order valence-electron chi connectivity index (χ3n) is 5.76. The van der Waals surface area contributed by atoms with Gasteiger partial charge in [-0.15, -0.1) is 0 Å². The predicted molar refractivity (Wildman–Crippen MR) is 138 cm³/mol. The zero-order valence-corrected chi connectivity index (χ0v) is 22.0. The van der Waals surface area contributed by atoms with E-state index in [-0.39, 0.29) is 16.5 Å². The minimum absolute atomic E-state index is 0.0518. The maximum atomic E-state index is 13.7. The SMILES string of the molecule is CNC(=O)[C@@H](C)N(Cc1ccccc1)C(=O)CN(c1cc(C(F)(F)F)ccc1Cl)S(=O)(=O)c1ccccc1. The Kier molecular flexibility index (Phi) is 9.05. The molecule has 12 heteroatoms. The molecule has 0 spiro atoms. The second-order valence-corrected chi connectivity index (χ2v) is 10.6. The van der Waals surface area contributed by atoms with Crippen molar-refractivity contribution in [1.82, 2.24) is 10.2 Å². The number of carbonyl (C=O) groups excluding carboxylic acids is 2. The molecular formula is C26H25ClF3N3O4S. The summed E-state index contributed by atoms with van der Waals surface area (Å²) in [4.78, 5) is 27.0. The molecule has 0 aromatic heterocycles. The number of rotatable bonds is 9. The monoisotopic (exact) mass is 567 g/mol. The molecular weight excluding hydrogens is 543 g/mol. The lowest BCUT2D eigenvalue weighted by molar-refractivity contribution is -0.139. The summed E-state index contributed by atoms with van der Waals surface area (Å²) >= 11 is 6.20. The lowest BCUT2D eigenvalue weighted by atomic mass is 10.1. The van der Waals surface area contributed by atoms with Gasteiger partial charge < -0.3 is 10.2 Å². The first-order valence-electron chi connectivity index (χ1n) is 11.4. The van der Waals surface area contributed by atoms with E-state index in [4.69, 9.17) is 11.6 Å². The van der Waals surface area contributed by atoms with Crippen molar-refractivity contribution in [1.29, 1.82) is 0 Å². The van der Waals surface area contributed by atoms with Gasteiger partial charge in [0.25, 0.3) is 10.0 Å². The fourth-order valence-corrected chi connectivity index (χ4v) is 5.40. The van der Waals surface area contributed by atoms with Crippen molar-refractivity contribution in [3.8, 4) is 0 Å². The number of hydrogen-bond donors (Lipinski definition) is 1. The van der Waals surface area contributed by atoms with Crippen LogP contribution in [-0.2, 0) is 32.3 Å². The highest BCUT2D eigenvalue weighted by Crippen LogP contribution is 2.37. The van der Waals surface area contributed by atoms with Crippen molar-refractivity contribution < 1.29 is 31.2 Å². The van der Waals surface area contributed by atoms with Crippen LogP contribution in [0.1, 0.15) is 18.1 Å². The van der Waals surface area contributed by atoms with E-state index in [1.54, 1.807) is 36.4 Å². The van der Waals surface area contributed by atoms with Crippen LogP contribution in [0.4, 0.5) is 18.9 Å². The molecule has 2 amide bonds. The Morgan fingerprint density at radius 2 is 1.55 bits per heavy atom. The highest BCUT2D eigenvalue weighted by molar-refractivity contribution is 7.92. The van der Waals surface area contributed by atoms with Crippen molar-refractivity contribution >= 4 is 39.1 Å². The van der Waals surface area contributed by atoms with Gasteiger partial charge in [0.15, 0.2) is 0 Å². The standard InChI is InChI=1S/C26H25ClF3N3O4S/c1-18(25(35)31-2)32(16-19-9-5-3-6-10-19)24(34)17-33(38(36,37)21-11-7-4-8-12-21)23-15-20(26(28,29)30)13-14-22(23)27/h3-15,18H,16-17H2,1-2H3,(H,31,35)/t18-/m1/s1. The maximum absolute atomic E-state index is 13.7. The van der Waals surface area contributed by atoms with Crippen LogP contribution < -0.4 is 9.62 Å². The van der Waals surface area contributed by atoms with Gasteiger partial charge in [0.05, 0.1) is 21.2 Å². The first-order chi connectivity index (χ1) is 17.9. The van der Waals surface area contributed by atoms with E-state index in [2.05, 4.69) is 5.32 Å². The lowest BCUT2D eigenvalue weighted by Gasteiger charge is -2.32. The Labute approximate surface area is 223 Å². The van der Waals surface area contributed by atoms with Crippen LogP contribution in [0, 0.1) is 0 Å². The number of nitrogens with one attached hydrogen (secondary N) is 1. The molecule has 3 aromatic rings. The second kappa shape index (κ2) is 11.9. The molecule has 3 aromatic carbocycles. The van der Waals surface area contributed by atoms with E-state index in [1.807, 2.05) is 0 Å². The number of benzene rings is 3. The van der Waals surface area contributed by atoms with E-state index in [0.29, 0.717) is 15.9 Å². The lowest BCUT2D eigenvalue weighted by Crippen LogP contribution is -2.50. The molecule has 0 saturated heterocycles. The van der Waals surface area contributed by atoms with Crippen LogP contribution in [0.25, 0.3) is 0 Å². The van der Waals surface area contributed by atoms with Crippen LogP contribution in [0.5, 0.6) is 0 Å². The Morgan fingerprint density at radius 1 is 0.974 bits per heavy atom. The topological polar surface area (TPSA) is 86.8 Å². The van der Waals surface area contributed by atoms with E-state index in [0.717, 1.165) is 17.0 Å². The molecule has 202 valence electrons. The molecule has 1 N–H and O–H groups in total. The number of hydrogen-bond acceptors (Lipinski definition) is 4. The zero-order valence-electron chi connectivity index (χ0n) is 20.4. The zero-order chi connectivity index (χ0) is 28.1. The smallest absolute Gasteiger partial charge is 0.357 e. The molecule has 0 saturated carbocycles. The Morgan fingerprint density at radius 3 is 2.11 bits per heavy atom. The summed E-state index contributed by atoms with van der Waals surface area (Å²) in [5.41, 5.74) is -1.00. The average Bonchev–Trinajstić information content (AvgIpc) is 2.90. The number of nitrogens with zero attached hydrogens (tertiary/aromatic N) is 2. The molecule has 38 heavy (non-hydrogen) atoms. The number of alkyl halides is 3. The summed E-state index contributed by atoms with van der Waals surface area (Å²) in [6.07, 6.45) is -4.79. The van der Waals surface area contributed by atoms with Gasteiger partial charge in [-0.2, -0.15) is 13.2 Å². The van der Waals surface area contributed by atoms with Crippen molar-refractivity contribution in [2.75, 3.05) is 17.9 Å². The van der Waals surface area contributed by atoms with Crippen LogP contribution in [-0.4, -0.2) is 44.8 Å². The summed E-state index contributed by atoms with van der Waals surface area (Å²) in [5, 5.41) is 2.14. The first-order valence-corrected chi connectivity index (χ1v) is 13.2. The molecule has 0 fully saturated rings. The van der Waals surface area contributed by atoms with E-state index in [1.165, 1.54) is 38.2 Å². The van der Waals surface area contributed by atoms with Gasteiger partial charge >= 0.3 is 6.18 Å². The van der Waals surface area contributed by atoms with Gasteiger partial charge in [-0.05, 0) is 42.8 Å². The van der Waals surface area contributed by atoms with Crippen molar-refractivity contribution in [2.24, 2.45) is 0 Å². The summed E-state index contributed by atoms with van der Waals surface area (Å²) in [6.45, 7) is 0.503. The number of amides is 2. The highest BCUT2D eigenvalue weighted by Gasteiger charge is 2.36. The number of likely N-dealkylation sites (N-methyl/N-ethyl adjacent to an activating group) is 1. The van der Waals surface area contributed by atoms with Crippen LogP contribution >= 0.6 is 11.6 Å². The van der Waals surface area contributed by atoms with Gasteiger partial charge in [-0.25, -0.2) is 8.42 Å². The van der Waals surface area contributed by atoms with Gasteiger partial charge in [0, 0.05) is 13.6 Å². The predicted octanol–water partition coefficient (Wildman–Crippen LogP) is 4.72. The van der Waals surface area contributed by atoms with E-state index in [9.17, 15) is 31.2 Å². The fraction of sp³-hybridized carbons (Fsp3) is 0.231. The van der Waals surface area contributed by atoms with Crippen LogP contribution in [0.3, 0.4) is 0 Å². The normalized spacial score (nSPS) is 12.5. The number of sulfonamides is 1. The van der Waals surface area contributed by atoms with Crippen molar-refractivity contribution in [3.05, 3.63) is 95.0 Å². The van der Waals surface area contributed by atoms with E-state index < -0.39 is 51.9 Å². The third-order valence-corrected chi connectivity index (χ3v) is 7.86.